The molecule has 0 aliphatic carbocycles. The zero-order valence-electron chi connectivity index (χ0n) is 19.7. The average molecular weight is 515 g/mol. The van der Waals surface area contributed by atoms with E-state index < -0.39 is 0 Å². The molecule has 2 aliphatic rings. The molecule has 0 unspecified atom stereocenters. The fourth-order valence-electron chi connectivity index (χ4n) is 4.50. The fourth-order valence-corrected chi connectivity index (χ4v) is 6.91. The van der Waals surface area contributed by atoms with Gasteiger partial charge in [0.1, 0.15) is 0 Å². The number of aromatic amines is 1. The summed E-state index contributed by atoms with van der Waals surface area (Å²) in [6.07, 6.45) is 4.65. The van der Waals surface area contributed by atoms with Crippen molar-refractivity contribution in [3.05, 3.63) is 89.0 Å². The molecule has 6 rings (SSSR count). The van der Waals surface area contributed by atoms with E-state index in [0.29, 0.717) is 13.2 Å². The monoisotopic (exact) mass is 514 g/mol. The number of ether oxygens (including phenoxy) is 1. The number of aromatic nitrogens is 2. The van der Waals surface area contributed by atoms with Crippen LogP contribution in [0.1, 0.15) is 5.56 Å². The van der Waals surface area contributed by atoms with E-state index in [2.05, 4.69) is 68.7 Å². The molecule has 0 atom stereocenters. The summed E-state index contributed by atoms with van der Waals surface area (Å²) >= 11 is 3.55. The van der Waals surface area contributed by atoms with E-state index in [0.717, 1.165) is 48.7 Å². The van der Waals surface area contributed by atoms with Crippen LogP contribution < -0.4 is 15.8 Å². The molecular weight excluding hydrogens is 488 g/mol. The van der Waals surface area contributed by atoms with Crippen molar-refractivity contribution in [2.75, 3.05) is 43.1 Å². The van der Waals surface area contributed by atoms with Crippen LogP contribution in [0.15, 0.2) is 97.4 Å². The quantitative estimate of drug-likeness (QED) is 0.308. The molecule has 6 nitrogen and oxygen atoms in total. The first kappa shape index (κ1) is 23.2. The smallest absolute Gasteiger partial charge is 0.250 e. The number of benzene rings is 2. The van der Waals surface area contributed by atoms with Crippen molar-refractivity contribution in [3.63, 3.8) is 0 Å². The molecule has 0 radical (unpaired) electrons. The van der Waals surface area contributed by atoms with Gasteiger partial charge in [-0.15, -0.1) is 0 Å². The van der Waals surface area contributed by atoms with Crippen LogP contribution >= 0.6 is 23.5 Å². The van der Waals surface area contributed by atoms with Crippen LogP contribution in [0, 0.1) is 0 Å². The zero-order valence-corrected chi connectivity index (χ0v) is 21.3. The van der Waals surface area contributed by atoms with Crippen LogP contribution in [0.2, 0.25) is 0 Å². The number of morpholine rings is 1. The van der Waals surface area contributed by atoms with Crippen LogP contribution in [0.25, 0.3) is 11.3 Å². The molecule has 4 aromatic rings. The van der Waals surface area contributed by atoms with Crippen molar-refractivity contribution >= 4 is 34.9 Å². The third-order valence-electron chi connectivity index (χ3n) is 6.32. The SMILES string of the molecule is O=c1cc(N2CCOCC2)cc(-c2cccc3c2Sc2ccc(NCCc4cccnc4)cc2S3)[nH]1. The summed E-state index contributed by atoms with van der Waals surface area (Å²) < 4.78 is 5.48. The minimum absolute atomic E-state index is 0.0811. The van der Waals surface area contributed by atoms with E-state index in [1.54, 1.807) is 35.8 Å². The number of fused-ring (bicyclic) bond motifs is 2. The van der Waals surface area contributed by atoms with E-state index >= 15 is 0 Å². The Kier molecular flexibility index (Phi) is 6.72. The first-order chi connectivity index (χ1) is 17.7. The zero-order chi connectivity index (χ0) is 24.3. The van der Waals surface area contributed by atoms with E-state index in [1.807, 2.05) is 12.3 Å². The third-order valence-corrected chi connectivity index (χ3v) is 8.91. The predicted octanol–water partition coefficient (Wildman–Crippen LogP) is 5.54. The average Bonchev–Trinajstić information content (AvgIpc) is 2.92. The second-order valence-electron chi connectivity index (χ2n) is 8.75. The van der Waals surface area contributed by atoms with Crippen molar-refractivity contribution in [3.8, 4) is 11.3 Å². The van der Waals surface area contributed by atoms with E-state index in [1.165, 1.54) is 25.1 Å². The first-order valence-electron chi connectivity index (χ1n) is 12.1. The first-order valence-corrected chi connectivity index (χ1v) is 13.7. The lowest BCUT2D eigenvalue weighted by atomic mass is 10.1. The van der Waals surface area contributed by atoms with Gasteiger partial charge in [-0.05, 0) is 48.4 Å². The second kappa shape index (κ2) is 10.4. The molecule has 8 heteroatoms. The molecule has 36 heavy (non-hydrogen) atoms. The Morgan fingerprint density at radius 2 is 1.89 bits per heavy atom. The van der Waals surface area contributed by atoms with Gasteiger partial charge in [0.15, 0.2) is 0 Å². The number of hydrogen-bond donors (Lipinski definition) is 2. The highest BCUT2D eigenvalue weighted by atomic mass is 32.2. The minimum Gasteiger partial charge on any atom is -0.385 e. The van der Waals surface area contributed by atoms with E-state index in [9.17, 15) is 4.79 Å². The number of rotatable bonds is 6. The molecule has 2 N–H and O–H groups in total. The van der Waals surface area contributed by atoms with Crippen LogP contribution in [-0.4, -0.2) is 42.8 Å². The summed E-state index contributed by atoms with van der Waals surface area (Å²) in [4.78, 5) is 26.9. The molecule has 2 aromatic heterocycles. The Balaban J connectivity index is 1.23. The highest BCUT2D eigenvalue weighted by Gasteiger charge is 2.22. The highest BCUT2D eigenvalue weighted by Crippen LogP contribution is 2.52. The number of pyridine rings is 2. The molecule has 2 aliphatic heterocycles. The summed E-state index contributed by atoms with van der Waals surface area (Å²) in [5.41, 5.74) is 5.12. The summed E-state index contributed by atoms with van der Waals surface area (Å²) in [6, 6.07) is 20.7. The number of hydrogen-bond acceptors (Lipinski definition) is 7. The fraction of sp³-hybridized carbons (Fsp3) is 0.214. The van der Waals surface area contributed by atoms with E-state index in [4.69, 9.17) is 4.74 Å². The number of nitrogens with one attached hydrogen (secondary N) is 2. The Bertz CT molecular complexity index is 1440. The Morgan fingerprint density at radius 1 is 0.972 bits per heavy atom. The summed E-state index contributed by atoms with van der Waals surface area (Å²) in [7, 11) is 0. The van der Waals surface area contributed by atoms with Crippen molar-refractivity contribution < 1.29 is 4.74 Å². The van der Waals surface area contributed by atoms with Crippen molar-refractivity contribution in [1.29, 1.82) is 0 Å². The largest absolute Gasteiger partial charge is 0.385 e. The van der Waals surface area contributed by atoms with Gasteiger partial charge < -0.3 is 19.9 Å². The number of anilines is 2. The molecule has 0 amide bonds. The summed E-state index contributed by atoms with van der Waals surface area (Å²) in [5.74, 6) is 0. The van der Waals surface area contributed by atoms with Gasteiger partial charge in [0.2, 0.25) is 5.56 Å². The minimum atomic E-state index is -0.0811. The molecule has 182 valence electrons. The maximum atomic E-state index is 12.6. The van der Waals surface area contributed by atoms with Crippen molar-refractivity contribution in [2.24, 2.45) is 0 Å². The molecule has 0 saturated carbocycles. The Hall–Kier alpha value is -3.20. The van der Waals surface area contributed by atoms with Gasteiger partial charge in [-0.2, -0.15) is 0 Å². The van der Waals surface area contributed by atoms with Crippen LogP contribution in [0.5, 0.6) is 0 Å². The lowest BCUT2D eigenvalue weighted by Gasteiger charge is -2.29. The molecule has 1 saturated heterocycles. The topological polar surface area (TPSA) is 70.2 Å². The lowest BCUT2D eigenvalue weighted by Crippen LogP contribution is -2.36. The Morgan fingerprint density at radius 3 is 2.75 bits per heavy atom. The molecule has 0 spiro atoms. The molecule has 1 fully saturated rings. The Labute approximate surface area is 218 Å². The molecule has 2 aromatic carbocycles. The summed E-state index contributed by atoms with van der Waals surface area (Å²) in [5, 5.41) is 3.54. The van der Waals surface area contributed by atoms with Crippen LogP contribution in [-0.2, 0) is 11.2 Å². The second-order valence-corrected chi connectivity index (χ2v) is 10.9. The van der Waals surface area contributed by atoms with Gasteiger partial charge in [-0.25, -0.2) is 0 Å². The number of nitrogens with zero attached hydrogens (tertiary/aromatic N) is 2. The number of H-pyrrole nitrogens is 1. The normalized spacial score (nSPS) is 14.7. The van der Waals surface area contributed by atoms with Gasteiger partial charge in [-0.3, -0.25) is 9.78 Å². The maximum Gasteiger partial charge on any atom is 0.250 e. The van der Waals surface area contributed by atoms with Crippen molar-refractivity contribution in [1.82, 2.24) is 9.97 Å². The van der Waals surface area contributed by atoms with Gasteiger partial charge in [-0.1, -0.05) is 41.7 Å². The van der Waals surface area contributed by atoms with Crippen LogP contribution in [0.4, 0.5) is 11.4 Å². The van der Waals surface area contributed by atoms with Gasteiger partial charge >= 0.3 is 0 Å². The molecular formula is C28H26N4O2S2. The van der Waals surface area contributed by atoms with Gasteiger partial charge in [0, 0.05) is 74.6 Å². The lowest BCUT2D eigenvalue weighted by molar-refractivity contribution is 0.122. The van der Waals surface area contributed by atoms with E-state index in [-0.39, 0.29) is 5.56 Å². The van der Waals surface area contributed by atoms with Crippen molar-refractivity contribution in [2.45, 2.75) is 26.0 Å². The third kappa shape index (κ3) is 5.02. The van der Waals surface area contributed by atoms with Crippen LogP contribution in [0.3, 0.4) is 0 Å². The van der Waals surface area contributed by atoms with Gasteiger partial charge in [0.25, 0.3) is 0 Å². The molecule has 0 bridgehead atoms. The summed E-state index contributed by atoms with van der Waals surface area (Å²) in [6.45, 7) is 3.83. The molecule has 4 heterocycles. The van der Waals surface area contributed by atoms with Gasteiger partial charge in [0.05, 0.1) is 18.9 Å². The highest BCUT2D eigenvalue weighted by molar-refractivity contribution is 8.05. The maximum absolute atomic E-state index is 12.6. The standard InChI is InChI=1S/C28H26N4O2S2/c33-27-17-21(32-11-13-34-14-12-32)16-23(31-27)22-4-1-5-25-28(22)36-24-7-6-20(15-26(24)35-25)30-10-8-19-3-2-9-29-18-19/h1-7,9,15-18,30H,8,10-14H2,(H,31,33). The predicted molar refractivity (Wildman–Crippen MR) is 147 cm³/mol.